The van der Waals surface area contributed by atoms with Crippen molar-refractivity contribution in [3.05, 3.63) is 63.9 Å². The molecule has 2 amide bonds. The fourth-order valence-corrected chi connectivity index (χ4v) is 2.27. The topological polar surface area (TPSA) is 67.4 Å². The lowest BCUT2D eigenvalue weighted by Gasteiger charge is -2.10. The van der Waals surface area contributed by atoms with Crippen molar-refractivity contribution in [2.45, 2.75) is 6.92 Å². The van der Waals surface area contributed by atoms with Gasteiger partial charge >= 0.3 is 0 Å². The minimum absolute atomic E-state index is 0.155. The molecule has 0 aliphatic heterocycles. The van der Waals surface area contributed by atoms with E-state index < -0.39 is 17.6 Å². The van der Waals surface area contributed by atoms with E-state index in [9.17, 15) is 14.0 Å². The van der Waals surface area contributed by atoms with Crippen LogP contribution in [0.4, 0.5) is 4.39 Å². The first-order valence-corrected chi connectivity index (χ1v) is 7.49. The number of halogens is 2. The van der Waals surface area contributed by atoms with Crippen molar-refractivity contribution in [2.75, 3.05) is 6.61 Å². The average Bonchev–Trinajstić information content (AvgIpc) is 2.52. The molecule has 0 saturated carbocycles. The molecule has 2 aromatic carbocycles. The maximum Gasteiger partial charge on any atom is 0.276 e. The highest BCUT2D eigenvalue weighted by Gasteiger charge is 2.12. The van der Waals surface area contributed by atoms with Crippen LogP contribution < -0.4 is 15.6 Å². The highest BCUT2D eigenvalue weighted by Crippen LogP contribution is 2.21. The van der Waals surface area contributed by atoms with Crippen molar-refractivity contribution in [3.63, 3.8) is 0 Å². The monoisotopic (exact) mass is 380 g/mol. The van der Waals surface area contributed by atoms with Gasteiger partial charge in [0.25, 0.3) is 11.8 Å². The molecular formula is C16H14BrFN2O3. The van der Waals surface area contributed by atoms with Crippen LogP contribution in [0.1, 0.15) is 15.9 Å². The molecule has 0 fully saturated rings. The molecule has 0 saturated heterocycles. The third kappa shape index (κ3) is 4.79. The third-order valence-electron chi connectivity index (χ3n) is 2.93. The molecule has 0 unspecified atom stereocenters. The second kappa shape index (κ2) is 7.73. The van der Waals surface area contributed by atoms with Crippen LogP contribution in [-0.2, 0) is 4.79 Å². The van der Waals surface area contributed by atoms with Crippen molar-refractivity contribution in [2.24, 2.45) is 0 Å². The molecule has 0 bridgehead atoms. The van der Waals surface area contributed by atoms with E-state index in [1.807, 2.05) is 13.0 Å². The number of hydrazine groups is 1. The van der Waals surface area contributed by atoms with Crippen LogP contribution in [-0.4, -0.2) is 18.4 Å². The summed E-state index contributed by atoms with van der Waals surface area (Å²) in [7, 11) is 0. The van der Waals surface area contributed by atoms with Crippen molar-refractivity contribution >= 4 is 27.7 Å². The second-order valence-corrected chi connectivity index (χ2v) is 5.60. The van der Waals surface area contributed by atoms with Crippen LogP contribution in [0.25, 0.3) is 0 Å². The number of rotatable bonds is 4. The predicted octanol–water partition coefficient (Wildman–Crippen LogP) is 2.74. The normalized spacial score (nSPS) is 10.0. The molecule has 0 aliphatic carbocycles. The Morgan fingerprint density at radius 3 is 2.61 bits per heavy atom. The number of benzene rings is 2. The van der Waals surface area contributed by atoms with E-state index in [0.717, 1.165) is 16.1 Å². The van der Waals surface area contributed by atoms with Gasteiger partial charge in [-0.1, -0.05) is 28.1 Å². The SMILES string of the molecule is Cc1cc(Br)ccc1OCC(=O)NNC(=O)c1ccccc1F. The Morgan fingerprint density at radius 2 is 1.91 bits per heavy atom. The fourth-order valence-electron chi connectivity index (χ4n) is 1.79. The van der Waals surface area contributed by atoms with Gasteiger partial charge in [0.15, 0.2) is 6.61 Å². The third-order valence-corrected chi connectivity index (χ3v) is 3.42. The van der Waals surface area contributed by atoms with Gasteiger partial charge in [0, 0.05) is 4.47 Å². The Bertz CT molecular complexity index is 737. The lowest BCUT2D eigenvalue weighted by atomic mass is 10.2. The van der Waals surface area contributed by atoms with E-state index in [-0.39, 0.29) is 12.2 Å². The highest BCUT2D eigenvalue weighted by molar-refractivity contribution is 9.10. The fraction of sp³-hybridized carbons (Fsp3) is 0.125. The first-order valence-electron chi connectivity index (χ1n) is 6.70. The molecule has 0 radical (unpaired) electrons. The number of amides is 2. The van der Waals surface area contributed by atoms with Gasteiger partial charge in [-0.15, -0.1) is 0 Å². The lowest BCUT2D eigenvalue weighted by molar-refractivity contribution is -0.123. The molecule has 23 heavy (non-hydrogen) atoms. The minimum Gasteiger partial charge on any atom is -0.483 e. The van der Waals surface area contributed by atoms with Crippen LogP contribution in [0.5, 0.6) is 5.75 Å². The Morgan fingerprint density at radius 1 is 1.17 bits per heavy atom. The average molecular weight is 381 g/mol. The van der Waals surface area contributed by atoms with Crippen LogP contribution >= 0.6 is 15.9 Å². The summed E-state index contributed by atoms with van der Waals surface area (Å²) in [5.74, 6) is -1.40. The van der Waals surface area contributed by atoms with Crippen molar-refractivity contribution in [1.82, 2.24) is 10.9 Å². The largest absolute Gasteiger partial charge is 0.483 e. The predicted molar refractivity (Wildman–Crippen MR) is 86.4 cm³/mol. The summed E-state index contributed by atoms with van der Waals surface area (Å²) in [6.45, 7) is 1.57. The number of hydrogen-bond donors (Lipinski definition) is 2. The van der Waals surface area contributed by atoms with Crippen molar-refractivity contribution in [3.8, 4) is 5.75 Å². The summed E-state index contributed by atoms with van der Waals surface area (Å²) in [4.78, 5) is 23.4. The van der Waals surface area contributed by atoms with Gasteiger partial charge in [-0.2, -0.15) is 0 Å². The summed E-state index contributed by atoms with van der Waals surface area (Å²) in [5.41, 5.74) is 5.01. The van der Waals surface area contributed by atoms with Crippen LogP contribution in [0.15, 0.2) is 46.9 Å². The van der Waals surface area contributed by atoms with Crippen LogP contribution in [0, 0.1) is 12.7 Å². The number of carbonyl (C=O) groups excluding carboxylic acids is 2. The van der Waals surface area contributed by atoms with Crippen molar-refractivity contribution in [1.29, 1.82) is 0 Å². The molecule has 5 nitrogen and oxygen atoms in total. The zero-order chi connectivity index (χ0) is 16.8. The Kier molecular flexibility index (Phi) is 5.70. The molecule has 2 aromatic rings. The summed E-state index contributed by atoms with van der Waals surface area (Å²) in [6, 6.07) is 10.9. The van der Waals surface area contributed by atoms with Crippen LogP contribution in [0.2, 0.25) is 0 Å². The van der Waals surface area contributed by atoms with E-state index >= 15 is 0 Å². The smallest absolute Gasteiger partial charge is 0.276 e. The van der Waals surface area contributed by atoms with E-state index in [1.165, 1.54) is 18.2 Å². The van der Waals surface area contributed by atoms with Gasteiger partial charge < -0.3 is 4.74 Å². The van der Waals surface area contributed by atoms with E-state index in [4.69, 9.17) is 4.74 Å². The lowest BCUT2D eigenvalue weighted by Crippen LogP contribution is -2.44. The molecule has 0 aromatic heterocycles. The van der Waals surface area contributed by atoms with Gasteiger partial charge in [-0.25, -0.2) is 4.39 Å². The Balaban J connectivity index is 1.83. The van der Waals surface area contributed by atoms with Crippen LogP contribution in [0.3, 0.4) is 0 Å². The zero-order valence-corrected chi connectivity index (χ0v) is 13.8. The number of nitrogens with one attached hydrogen (secondary N) is 2. The Labute approximate surface area is 140 Å². The van der Waals surface area contributed by atoms with Crippen molar-refractivity contribution < 1.29 is 18.7 Å². The van der Waals surface area contributed by atoms with E-state index in [0.29, 0.717) is 5.75 Å². The van der Waals surface area contributed by atoms with Gasteiger partial charge in [0.2, 0.25) is 0 Å². The minimum atomic E-state index is -0.740. The molecule has 0 spiro atoms. The quantitative estimate of drug-likeness (QED) is 0.801. The van der Waals surface area contributed by atoms with E-state index in [1.54, 1.807) is 12.1 Å². The standard InChI is InChI=1S/C16H14BrFN2O3/c1-10-8-11(17)6-7-14(10)23-9-15(21)19-20-16(22)12-4-2-3-5-13(12)18/h2-8H,9H2,1H3,(H,19,21)(H,20,22). The molecule has 2 N–H and O–H groups in total. The zero-order valence-electron chi connectivity index (χ0n) is 12.2. The van der Waals surface area contributed by atoms with Gasteiger partial charge in [-0.3, -0.25) is 20.4 Å². The molecule has 120 valence electrons. The van der Waals surface area contributed by atoms with Gasteiger partial charge in [0.05, 0.1) is 5.56 Å². The first kappa shape index (κ1) is 17.0. The van der Waals surface area contributed by atoms with Gasteiger partial charge in [0.1, 0.15) is 11.6 Å². The number of ether oxygens (including phenoxy) is 1. The highest BCUT2D eigenvalue weighted by atomic mass is 79.9. The number of carbonyl (C=O) groups is 2. The molecule has 0 heterocycles. The first-order chi connectivity index (χ1) is 11.0. The summed E-state index contributed by atoms with van der Waals surface area (Å²) < 4.78 is 19.7. The number of aryl methyl sites for hydroxylation is 1. The summed E-state index contributed by atoms with van der Waals surface area (Å²) >= 11 is 3.33. The maximum atomic E-state index is 13.4. The molecule has 7 heteroatoms. The second-order valence-electron chi connectivity index (χ2n) is 4.68. The molecule has 0 aliphatic rings. The van der Waals surface area contributed by atoms with Gasteiger partial charge in [-0.05, 0) is 42.8 Å². The maximum absolute atomic E-state index is 13.4. The van der Waals surface area contributed by atoms with E-state index in [2.05, 4.69) is 26.8 Å². The number of hydrogen-bond acceptors (Lipinski definition) is 3. The molecule has 2 rings (SSSR count). The molecular weight excluding hydrogens is 367 g/mol. The summed E-state index contributed by atoms with van der Waals surface area (Å²) in [5, 5.41) is 0. The molecule has 0 atom stereocenters. The summed E-state index contributed by atoms with van der Waals surface area (Å²) in [6.07, 6.45) is 0. The Hall–Kier alpha value is -2.41.